The lowest BCUT2D eigenvalue weighted by atomic mass is 9.90. The molecule has 2 fully saturated rings. The molecule has 1 aromatic rings. The van der Waals surface area contributed by atoms with E-state index in [-0.39, 0.29) is 18.9 Å². The number of aromatic nitrogens is 1. The first kappa shape index (κ1) is 18.2. The average molecular weight is 361 g/mol. The van der Waals surface area contributed by atoms with Gasteiger partial charge in [-0.05, 0) is 36.5 Å². The molecule has 3 heterocycles. The van der Waals surface area contributed by atoms with Gasteiger partial charge in [-0.1, -0.05) is 0 Å². The number of likely N-dealkylation sites (tertiary alicyclic amines) is 2. The van der Waals surface area contributed by atoms with E-state index in [4.69, 9.17) is 4.74 Å². The van der Waals surface area contributed by atoms with Crippen molar-refractivity contribution in [3.63, 3.8) is 0 Å². The number of rotatable bonds is 3. The van der Waals surface area contributed by atoms with Gasteiger partial charge in [0.05, 0.1) is 6.54 Å². The lowest BCUT2D eigenvalue weighted by Crippen LogP contribution is -2.40. The molecule has 140 valence electrons. The second-order valence-corrected chi connectivity index (χ2v) is 6.81. The lowest BCUT2D eigenvalue weighted by molar-refractivity contribution is -0.147. The van der Waals surface area contributed by atoms with Crippen LogP contribution in [0.15, 0.2) is 24.5 Å². The minimum Gasteiger partial charge on any atom is -0.480 e. The van der Waals surface area contributed by atoms with E-state index in [9.17, 15) is 19.5 Å². The molecule has 26 heavy (non-hydrogen) atoms. The van der Waals surface area contributed by atoms with E-state index in [0.717, 1.165) is 12.8 Å². The first-order valence-electron chi connectivity index (χ1n) is 8.81. The van der Waals surface area contributed by atoms with Crippen molar-refractivity contribution in [3.8, 4) is 0 Å². The third-order valence-corrected chi connectivity index (χ3v) is 5.15. The van der Waals surface area contributed by atoms with Crippen LogP contribution in [0, 0.1) is 0 Å². The van der Waals surface area contributed by atoms with Crippen molar-refractivity contribution in [1.82, 2.24) is 14.8 Å². The van der Waals surface area contributed by atoms with E-state index in [2.05, 4.69) is 4.98 Å². The summed E-state index contributed by atoms with van der Waals surface area (Å²) in [5.74, 6) is -0.996. The standard InChI is InChI=1S/C18H23N3O5/c1-12(22)21-11-15(10-16(21)17(23)24)26-18(25)20-8-4-14(5-9-20)13-2-6-19-7-3-13/h2-3,6-7,14-16H,4-5,8-11H2,1H3,(H,23,24)/t15?,16-/m0/s1. The number of amides is 2. The van der Waals surface area contributed by atoms with Gasteiger partial charge in [0.2, 0.25) is 5.91 Å². The summed E-state index contributed by atoms with van der Waals surface area (Å²) in [7, 11) is 0. The molecule has 0 spiro atoms. The molecular formula is C18H23N3O5. The number of nitrogens with zero attached hydrogens (tertiary/aromatic N) is 3. The molecule has 1 aromatic heterocycles. The summed E-state index contributed by atoms with van der Waals surface area (Å²) in [4.78, 5) is 42.2. The topological polar surface area (TPSA) is 100 Å². The molecule has 3 rings (SSSR count). The van der Waals surface area contributed by atoms with Crippen LogP contribution in [-0.4, -0.2) is 69.6 Å². The van der Waals surface area contributed by atoms with Gasteiger partial charge >= 0.3 is 12.1 Å². The Hall–Kier alpha value is -2.64. The maximum absolute atomic E-state index is 12.4. The van der Waals surface area contributed by atoms with Crippen LogP contribution in [0.3, 0.4) is 0 Å². The maximum Gasteiger partial charge on any atom is 0.410 e. The van der Waals surface area contributed by atoms with Gasteiger partial charge in [0.1, 0.15) is 12.1 Å². The molecule has 8 heteroatoms. The van der Waals surface area contributed by atoms with Crippen LogP contribution in [0.1, 0.15) is 37.7 Å². The van der Waals surface area contributed by atoms with Gasteiger partial charge in [0.15, 0.2) is 0 Å². The van der Waals surface area contributed by atoms with E-state index in [1.165, 1.54) is 17.4 Å². The first-order chi connectivity index (χ1) is 12.5. The zero-order chi connectivity index (χ0) is 18.7. The molecule has 0 radical (unpaired) electrons. The molecule has 2 saturated heterocycles. The normalized spacial score (nSPS) is 23.7. The van der Waals surface area contributed by atoms with Gasteiger partial charge in [0, 0.05) is 38.8 Å². The predicted molar refractivity (Wildman–Crippen MR) is 91.5 cm³/mol. The Morgan fingerprint density at radius 1 is 1.19 bits per heavy atom. The zero-order valence-corrected chi connectivity index (χ0v) is 14.7. The summed E-state index contributed by atoms with van der Waals surface area (Å²) in [5, 5.41) is 9.22. The molecule has 0 bridgehead atoms. The number of aliphatic carboxylic acids is 1. The molecule has 0 aliphatic carbocycles. The van der Waals surface area contributed by atoms with Crippen LogP contribution < -0.4 is 0 Å². The van der Waals surface area contributed by atoms with E-state index in [1.54, 1.807) is 17.3 Å². The Kier molecular flexibility index (Phi) is 5.39. The molecule has 0 saturated carbocycles. The van der Waals surface area contributed by atoms with Crippen molar-refractivity contribution in [3.05, 3.63) is 30.1 Å². The number of pyridine rings is 1. The first-order valence-corrected chi connectivity index (χ1v) is 8.81. The number of hydrogen-bond donors (Lipinski definition) is 1. The quantitative estimate of drug-likeness (QED) is 0.875. The molecule has 0 aromatic carbocycles. The van der Waals surface area contributed by atoms with Crippen LogP contribution in [-0.2, 0) is 14.3 Å². The largest absolute Gasteiger partial charge is 0.480 e. The number of carbonyl (C=O) groups is 3. The van der Waals surface area contributed by atoms with Crippen molar-refractivity contribution < 1.29 is 24.2 Å². The zero-order valence-electron chi connectivity index (χ0n) is 14.7. The number of carbonyl (C=O) groups excluding carboxylic acids is 2. The van der Waals surface area contributed by atoms with E-state index in [1.807, 2.05) is 12.1 Å². The Morgan fingerprint density at radius 2 is 1.85 bits per heavy atom. The number of ether oxygens (including phenoxy) is 1. The SMILES string of the molecule is CC(=O)N1CC(OC(=O)N2CCC(c3ccncc3)CC2)C[C@H]1C(=O)O. The number of carboxylic acids is 1. The molecule has 2 aliphatic heterocycles. The summed E-state index contributed by atoms with van der Waals surface area (Å²) >= 11 is 0. The fourth-order valence-electron chi connectivity index (χ4n) is 3.71. The van der Waals surface area contributed by atoms with Gasteiger partial charge in [-0.25, -0.2) is 9.59 Å². The van der Waals surface area contributed by atoms with Crippen molar-refractivity contribution in [2.24, 2.45) is 0 Å². The van der Waals surface area contributed by atoms with E-state index >= 15 is 0 Å². The number of carboxylic acid groups (broad SMARTS) is 1. The monoisotopic (exact) mass is 361 g/mol. The van der Waals surface area contributed by atoms with Gasteiger partial charge in [-0.15, -0.1) is 0 Å². The van der Waals surface area contributed by atoms with Crippen molar-refractivity contribution >= 4 is 18.0 Å². The van der Waals surface area contributed by atoms with Crippen LogP contribution in [0.25, 0.3) is 0 Å². The number of hydrogen-bond acceptors (Lipinski definition) is 5. The Labute approximate surface area is 151 Å². The molecule has 2 aliphatic rings. The molecular weight excluding hydrogens is 338 g/mol. The average Bonchev–Trinajstić information content (AvgIpc) is 3.07. The highest BCUT2D eigenvalue weighted by molar-refractivity contribution is 5.83. The van der Waals surface area contributed by atoms with Gasteiger partial charge < -0.3 is 19.6 Å². The lowest BCUT2D eigenvalue weighted by Gasteiger charge is -2.32. The third-order valence-electron chi connectivity index (χ3n) is 5.15. The summed E-state index contributed by atoms with van der Waals surface area (Å²) in [5.41, 5.74) is 1.23. The predicted octanol–water partition coefficient (Wildman–Crippen LogP) is 1.47. The Balaban J connectivity index is 1.52. The summed E-state index contributed by atoms with van der Waals surface area (Å²) in [6, 6.07) is 3.07. The Morgan fingerprint density at radius 3 is 2.38 bits per heavy atom. The molecule has 2 amide bonds. The molecule has 1 unspecified atom stereocenters. The Bertz CT molecular complexity index is 651. The third kappa shape index (κ3) is 3.95. The van der Waals surface area contributed by atoms with Crippen molar-refractivity contribution in [2.45, 2.75) is 44.2 Å². The molecule has 2 atom stereocenters. The van der Waals surface area contributed by atoms with Gasteiger partial charge in [0.25, 0.3) is 0 Å². The van der Waals surface area contributed by atoms with Gasteiger partial charge in [-0.2, -0.15) is 0 Å². The summed E-state index contributed by atoms with van der Waals surface area (Å²) < 4.78 is 5.47. The van der Waals surface area contributed by atoms with Crippen molar-refractivity contribution in [1.29, 1.82) is 0 Å². The smallest absolute Gasteiger partial charge is 0.410 e. The minimum absolute atomic E-state index is 0.130. The number of piperidine rings is 1. The highest BCUT2D eigenvalue weighted by Crippen LogP contribution is 2.28. The van der Waals surface area contributed by atoms with Crippen LogP contribution in [0.2, 0.25) is 0 Å². The van der Waals surface area contributed by atoms with Gasteiger partial charge in [-0.3, -0.25) is 9.78 Å². The summed E-state index contributed by atoms with van der Waals surface area (Å²) in [6.45, 7) is 2.64. The van der Waals surface area contributed by atoms with E-state index in [0.29, 0.717) is 19.0 Å². The summed E-state index contributed by atoms with van der Waals surface area (Å²) in [6.07, 6.45) is 4.37. The highest BCUT2D eigenvalue weighted by atomic mass is 16.6. The van der Waals surface area contributed by atoms with Crippen LogP contribution >= 0.6 is 0 Å². The fourth-order valence-corrected chi connectivity index (χ4v) is 3.71. The fraction of sp³-hybridized carbons (Fsp3) is 0.556. The highest BCUT2D eigenvalue weighted by Gasteiger charge is 2.40. The maximum atomic E-state index is 12.4. The van der Waals surface area contributed by atoms with E-state index < -0.39 is 24.2 Å². The minimum atomic E-state index is -1.07. The second kappa shape index (κ2) is 7.72. The van der Waals surface area contributed by atoms with Crippen LogP contribution in [0.4, 0.5) is 4.79 Å². The molecule has 8 nitrogen and oxygen atoms in total. The van der Waals surface area contributed by atoms with Crippen molar-refractivity contribution in [2.75, 3.05) is 19.6 Å². The molecule has 1 N–H and O–H groups in total. The van der Waals surface area contributed by atoms with Crippen LogP contribution in [0.5, 0.6) is 0 Å². The second-order valence-electron chi connectivity index (χ2n) is 6.81.